The minimum atomic E-state index is 0.159. The van der Waals surface area contributed by atoms with Crippen molar-refractivity contribution in [2.75, 3.05) is 18.0 Å². The number of benzene rings is 1. The summed E-state index contributed by atoms with van der Waals surface area (Å²) in [6, 6.07) is 6.28. The van der Waals surface area contributed by atoms with E-state index in [9.17, 15) is 0 Å². The van der Waals surface area contributed by atoms with Crippen LogP contribution in [0.5, 0.6) is 0 Å². The quantitative estimate of drug-likeness (QED) is 0.814. The van der Waals surface area contributed by atoms with Crippen LogP contribution in [-0.4, -0.2) is 19.1 Å². The van der Waals surface area contributed by atoms with Crippen LogP contribution < -0.4 is 10.6 Å². The highest BCUT2D eigenvalue weighted by atomic mass is 35.5. The maximum absolute atomic E-state index is 6.38. The summed E-state index contributed by atoms with van der Waals surface area (Å²) in [5.41, 5.74) is 8.36. The number of hydrogen-bond donors (Lipinski definition) is 1. The van der Waals surface area contributed by atoms with Gasteiger partial charge in [0, 0.05) is 19.1 Å². The monoisotopic (exact) mass is 268 g/mol. The van der Waals surface area contributed by atoms with Crippen molar-refractivity contribution < 1.29 is 0 Å². The van der Waals surface area contributed by atoms with Gasteiger partial charge >= 0.3 is 0 Å². The van der Waals surface area contributed by atoms with Crippen LogP contribution in [0.3, 0.4) is 0 Å². The fraction of sp³-hybridized carbons (Fsp3) is 0.600. The molecule has 1 aromatic carbocycles. The Labute approximate surface area is 116 Å². The number of rotatable bonds is 7. The van der Waals surface area contributed by atoms with Crippen molar-refractivity contribution in [2.45, 2.75) is 46.1 Å². The van der Waals surface area contributed by atoms with Gasteiger partial charge in [-0.25, -0.2) is 0 Å². The molecule has 1 atom stereocenters. The summed E-state index contributed by atoms with van der Waals surface area (Å²) in [6.07, 6.45) is 3.26. The minimum absolute atomic E-state index is 0.159. The van der Waals surface area contributed by atoms with Crippen molar-refractivity contribution >= 4 is 17.3 Å². The molecule has 2 nitrogen and oxygen atoms in total. The third-order valence-corrected chi connectivity index (χ3v) is 3.40. The van der Waals surface area contributed by atoms with Crippen LogP contribution in [0.4, 0.5) is 5.69 Å². The molecule has 3 heteroatoms. The molecule has 0 radical (unpaired) electrons. The number of unbranched alkanes of at least 4 members (excludes halogenated alkanes) is 1. The highest BCUT2D eigenvalue weighted by molar-refractivity contribution is 6.33. The van der Waals surface area contributed by atoms with E-state index < -0.39 is 0 Å². The van der Waals surface area contributed by atoms with E-state index in [4.69, 9.17) is 17.3 Å². The van der Waals surface area contributed by atoms with Crippen LogP contribution in [-0.2, 0) is 6.42 Å². The summed E-state index contributed by atoms with van der Waals surface area (Å²) in [5.74, 6) is 0. The molecule has 2 N–H and O–H groups in total. The Morgan fingerprint density at radius 1 is 1.33 bits per heavy atom. The van der Waals surface area contributed by atoms with Gasteiger partial charge in [-0.3, -0.25) is 0 Å². The molecule has 18 heavy (non-hydrogen) atoms. The van der Waals surface area contributed by atoms with Crippen molar-refractivity contribution in [3.8, 4) is 0 Å². The Morgan fingerprint density at radius 3 is 2.61 bits per heavy atom. The Morgan fingerprint density at radius 2 is 2.06 bits per heavy atom. The molecule has 1 rings (SSSR count). The number of anilines is 1. The second kappa shape index (κ2) is 7.65. The molecule has 0 fully saturated rings. The lowest BCUT2D eigenvalue weighted by atomic mass is 10.0. The molecule has 0 heterocycles. The average molecular weight is 269 g/mol. The summed E-state index contributed by atoms with van der Waals surface area (Å²) in [6.45, 7) is 8.46. The summed E-state index contributed by atoms with van der Waals surface area (Å²) in [7, 11) is 0. The van der Waals surface area contributed by atoms with E-state index in [0.717, 1.165) is 24.5 Å². The first-order valence-corrected chi connectivity index (χ1v) is 7.25. The SMILES string of the molecule is CCCCN(CC)c1c(Cl)cccc1CC(C)N. The standard InChI is InChI=1S/C15H25ClN2/c1-4-6-10-18(5-2)15-13(11-12(3)17)8-7-9-14(15)16/h7-9,12H,4-6,10-11,17H2,1-3H3. The predicted octanol–water partition coefficient (Wildman–Crippen LogP) is 3.86. The fourth-order valence-electron chi connectivity index (χ4n) is 2.20. The minimum Gasteiger partial charge on any atom is -0.370 e. The van der Waals surface area contributed by atoms with Crippen LogP contribution in [0.25, 0.3) is 0 Å². The van der Waals surface area contributed by atoms with Gasteiger partial charge in [-0.1, -0.05) is 37.1 Å². The Kier molecular flexibility index (Phi) is 6.51. The van der Waals surface area contributed by atoms with E-state index in [0.29, 0.717) is 0 Å². The van der Waals surface area contributed by atoms with Crippen molar-refractivity contribution in [1.82, 2.24) is 0 Å². The number of nitrogens with zero attached hydrogens (tertiary/aromatic N) is 1. The molecule has 0 aromatic heterocycles. The number of hydrogen-bond acceptors (Lipinski definition) is 2. The van der Waals surface area contributed by atoms with Gasteiger partial charge in [-0.2, -0.15) is 0 Å². The first-order valence-electron chi connectivity index (χ1n) is 6.88. The van der Waals surface area contributed by atoms with E-state index >= 15 is 0 Å². The zero-order chi connectivity index (χ0) is 13.5. The van der Waals surface area contributed by atoms with Gasteiger partial charge in [0.15, 0.2) is 0 Å². The van der Waals surface area contributed by atoms with E-state index in [-0.39, 0.29) is 6.04 Å². The van der Waals surface area contributed by atoms with Crippen molar-refractivity contribution in [3.63, 3.8) is 0 Å². The highest BCUT2D eigenvalue weighted by Crippen LogP contribution is 2.31. The van der Waals surface area contributed by atoms with Crippen molar-refractivity contribution in [2.24, 2.45) is 5.73 Å². The summed E-state index contributed by atoms with van der Waals surface area (Å²) >= 11 is 6.38. The largest absolute Gasteiger partial charge is 0.370 e. The number of halogens is 1. The van der Waals surface area contributed by atoms with E-state index in [1.807, 2.05) is 19.1 Å². The van der Waals surface area contributed by atoms with E-state index in [1.165, 1.54) is 24.1 Å². The van der Waals surface area contributed by atoms with Crippen LogP contribution in [0.1, 0.15) is 39.2 Å². The van der Waals surface area contributed by atoms with Gasteiger partial charge in [-0.15, -0.1) is 0 Å². The van der Waals surface area contributed by atoms with E-state index in [2.05, 4.69) is 24.8 Å². The maximum Gasteiger partial charge on any atom is 0.0642 e. The molecule has 0 aliphatic carbocycles. The molecule has 0 bridgehead atoms. The van der Waals surface area contributed by atoms with Gasteiger partial charge in [0.1, 0.15) is 0 Å². The Balaban J connectivity index is 3.02. The summed E-state index contributed by atoms with van der Waals surface area (Å²) < 4.78 is 0. The topological polar surface area (TPSA) is 29.3 Å². The van der Waals surface area contributed by atoms with Crippen molar-refractivity contribution in [1.29, 1.82) is 0 Å². The second-order valence-electron chi connectivity index (χ2n) is 4.86. The Hall–Kier alpha value is -0.730. The molecule has 102 valence electrons. The smallest absolute Gasteiger partial charge is 0.0642 e. The van der Waals surface area contributed by atoms with Crippen LogP contribution in [0.2, 0.25) is 5.02 Å². The molecular weight excluding hydrogens is 244 g/mol. The second-order valence-corrected chi connectivity index (χ2v) is 5.27. The molecule has 1 aromatic rings. The lowest BCUT2D eigenvalue weighted by molar-refractivity contribution is 0.710. The van der Waals surface area contributed by atoms with Crippen molar-refractivity contribution in [3.05, 3.63) is 28.8 Å². The molecule has 0 amide bonds. The van der Waals surface area contributed by atoms with Gasteiger partial charge in [-0.05, 0) is 38.3 Å². The third-order valence-electron chi connectivity index (χ3n) is 3.09. The lowest BCUT2D eigenvalue weighted by Crippen LogP contribution is -2.27. The highest BCUT2D eigenvalue weighted by Gasteiger charge is 2.14. The van der Waals surface area contributed by atoms with E-state index in [1.54, 1.807) is 0 Å². The molecular formula is C15H25ClN2. The normalized spacial score (nSPS) is 12.5. The van der Waals surface area contributed by atoms with Crippen LogP contribution in [0.15, 0.2) is 18.2 Å². The molecule has 1 unspecified atom stereocenters. The van der Waals surface area contributed by atoms with Crippen LogP contribution >= 0.6 is 11.6 Å². The summed E-state index contributed by atoms with van der Waals surface area (Å²) in [5, 5.41) is 0.839. The zero-order valence-electron chi connectivity index (χ0n) is 11.7. The van der Waals surface area contributed by atoms with Gasteiger partial charge in [0.2, 0.25) is 0 Å². The zero-order valence-corrected chi connectivity index (χ0v) is 12.5. The van der Waals surface area contributed by atoms with Gasteiger partial charge in [0.25, 0.3) is 0 Å². The first kappa shape index (κ1) is 15.3. The molecule has 0 aliphatic heterocycles. The van der Waals surface area contributed by atoms with Gasteiger partial charge < -0.3 is 10.6 Å². The molecule has 0 saturated carbocycles. The molecule has 0 aliphatic rings. The maximum atomic E-state index is 6.38. The molecule has 0 spiro atoms. The Bertz CT molecular complexity index is 364. The number of para-hydroxylation sites is 1. The average Bonchev–Trinajstić information content (AvgIpc) is 2.32. The van der Waals surface area contributed by atoms with Gasteiger partial charge in [0.05, 0.1) is 10.7 Å². The first-order chi connectivity index (χ1) is 8.60. The lowest BCUT2D eigenvalue weighted by Gasteiger charge is -2.27. The predicted molar refractivity (Wildman–Crippen MR) is 81.6 cm³/mol. The van der Waals surface area contributed by atoms with Crippen LogP contribution in [0, 0.1) is 0 Å². The summed E-state index contributed by atoms with van der Waals surface area (Å²) in [4.78, 5) is 2.36. The molecule has 0 saturated heterocycles. The third kappa shape index (κ3) is 4.18. The number of nitrogens with two attached hydrogens (primary N) is 1. The fourth-order valence-corrected chi connectivity index (χ4v) is 2.52.